The second-order valence-corrected chi connectivity index (χ2v) is 7.35. The van der Waals surface area contributed by atoms with E-state index in [-0.39, 0.29) is 11.6 Å². The van der Waals surface area contributed by atoms with Crippen molar-refractivity contribution in [2.24, 2.45) is 7.05 Å². The maximum atomic E-state index is 12.9. The van der Waals surface area contributed by atoms with E-state index in [9.17, 15) is 4.79 Å². The van der Waals surface area contributed by atoms with E-state index >= 15 is 0 Å². The Hall–Kier alpha value is -4.33. The summed E-state index contributed by atoms with van der Waals surface area (Å²) in [6.45, 7) is 0. The highest BCUT2D eigenvalue weighted by Crippen LogP contribution is 2.32. The van der Waals surface area contributed by atoms with Crippen LogP contribution < -0.4 is 14.8 Å². The number of amides is 1. The first-order valence-corrected chi connectivity index (χ1v) is 10.0. The van der Waals surface area contributed by atoms with Crippen LogP contribution in [0.25, 0.3) is 27.8 Å². The van der Waals surface area contributed by atoms with Crippen LogP contribution >= 0.6 is 0 Å². The topological polar surface area (TPSA) is 82.7 Å². The van der Waals surface area contributed by atoms with Gasteiger partial charge in [0.05, 0.1) is 19.9 Å². The van der Waals surface area contributed by atoms with Crippen LogP contribution in [-0.2, 0) is 7.05 Å². The van der Waals surface area contributed by atoms with E-state index in [0.717, 1.165) is 22.2 Å². The molecular weight excluding hydrogens is 406 g/mol. The molecular formula is C24H21N5O3. The summed E-state index contributed by atoms with van der Waals surface area (Å²) in [5.74, 6) is 0.942. The highest BCUT2D eigenvalue weighted by molar-refractivity contribution is 6.04. The smallest absolute Gasteiger partial charge is 0.276 e. The Morgan fingerprint density at radius 2 is 1.81 bits per heavy atom. The lowest BCUT2D eigenvalue weighted by Crippen LogP contribution is -2.12. The Balaban J connectivity index is 1.48. The van der Waals surface area contributed by atoms with Crippen LogP contribution in [-0.4, -0.2) is 39.3 Å². The van der Waals surface area contributed by atoms with E-state index in [2.05, 4.69) is 15.4 Å². The monoisotopic (exact) mass is 427 g/mol. The minimum Gasteiger partial charge on any atom is -0.493 e. The minimum absolute atomic E-state index is 0.276. The summed E-state index contributed by atoms with van der Waals surface area (Å²) in [6, 6.07) is 16.9. The molecule has 0 fully saturated rings. The van der Waals surface area contributed by atoms with Crippen molar-refractivity contribution in [3.63, 3.8) is 0 Å². The van der Waals surface area contributed by atoms with Gasteiger partial charge in [-0.3, -0.25) is 4.79 Å². The Morgan fingerprint density at radius 3 is 2.62 bits per heavy atom. The number of aromatic nitrogens is 4. The van der Waals surface area contributed by atoms with Gasteiger partial charge in [-0.2, -0.15) is 5.10 Å². The molecule has 0 bridgehead atoms. The number of methoxy groups -OCH3 is 2. The molecule has 0 aliphatic rings. The lowest BCUT2D eigenvalue weighted by Gasteiger charge is -2.10. The lowest BCUT2D eigenvalue weighted by atomic mass is 10.1. The zero-order valence-corrected chi connectivity index (χ0v) is 17.9. The number of hydrogen-bond donors (Lipinski definition) is 1. The highest BCUT2D eigenvalue weighted by Gasteiger charge is 2.16. The molecule has 0 spiro atoms. The van der Waals surface area contributed by atoms with Gasteiger partial charge in [0.25, 0.3) is 5.91 Å². The fraction of sp³-hybridized carbons (Fsp3) is 0.125. The summed E-state index contributed by atoms with van der Waals surface area (Å²) in [7, 11) is 5.17. The number of fused-ring (bicyclic) bond motifs is 2. The van der Waals surface area contributed by atoms with Gasteiger partial charge in [-0.1, -0.05) is 0 Å². The number of rotatable bonds is 5. The normalized spacial score (nSPS) is 11.1. The summed E-state index contributed by atoms with van der Waals surface area (Å²) in [6.07, 6.45) is 3.67. The van der Waals surface area contributed by atoms with E-state index in [4.69, 9.17) is 9.47 Å². The van der Waals surface area contributed by atoms with Crippen molar-refractivity contribution in [3.05, 3.63) is 72.7 Å². The van der Waals surface area contributed by atoms with Crippen molar-refractivity contribution < 1.29 is 14.3 Å². The third kappa shape index (κ3) is 3.31. The summed E-state index contributed by atoms with van der Waals surface area (Å²) < 4.78 is 14.4. The molecule has 0 aliphatic carbocycles. The minimum atomic E-state index is -0.302. The number of carbonyl (C=O) groups is 1. The first-order chi connectivity index (χ1) is 15.6. The van der Waals surface area contributed by atoms with Gasteiger partial charge in [-0.15, -0.1) is 0 Å². The zero-order valence-electron chi connectivity index (χ0n) is 17.9. The van der Waals surface area contributed by atoms with Crippen molar-refractivity contribution in [1.29, 1.82) is 0 Å². The van der Waals surface area contributed by atoms with E-state index in [1.807, 2.05) is 66.3 Å². The predicted octanol–water partition coefficient (Wildman–Crippen LogP) is 4.16. The fourth-order valence-electron chi connectivity index (χ4n) is 3.77. The van der Waals surface area contributed by atoms with Crippen molar-refractivity contribution in [2.75, 3.05) is 19.5 Å². The number of ether oxygens (including phenoxy) is 2. The van der Waals surface area contributed by atoms with E-state index in [0.29, 0.717) is 22.8 Å². The third-order valence-electron chi connectivity index (χ3n) is 5.41. The standard InChI is InChI=1S/C24H21N5O3/c1-28-11-9-16-12-17(5-6-19(16)28)26-24(30)18-14-23-25-10-8-20(29(23)27-18)15-4-7-21(31-2)22(13-15)32-3/h4-14H,1-3H3,(H,26,30). The summed E-state index contributed by atoms with van der Waals surface area (Å²) in [4.78, 5) is 17.3. The molecule has 2 aromatic carbocycles. The number of aryl methyl sites for hydroxylation is 1. The molecule has 0 saturated heterocycles. The fourth-order valence-corrected chi connectivity index (χ4v) is 3.77. The lowest BCUT2D eigenvalue weighted by molar-refractivity contribution is 0.102. The van der Waals surface area contributed by atoms with Crippen LogP contribution in [0.5, 0.6) is 11.5 Å². The molecule has 32 heavy (non-hydrogen) atoms. The van der Waals surface area contributed by atoms with Gasteiger partial charge in [0, 0.05) is 47.7 Å². The molecule has 8 nitrogen and oxygen atoms in total. The molecule has 0 saturated carbocycles. The summed E-state index contributed by atoms with van der Waals surface area (Å²) >= 11 is 0. The number of hydrogen-bond acceptors (Lipinski definition) is 5. The Bertz CT molecular complexity index is 1470. The number of benzene rings is 2. The van der Waals surface area contributed by atoms with Crippen LogP contribution in [0.4, 0.5) is 5.69 Å². The Labute approximate surface area is 184 Å². The third-order valence-corrected chi connectivity index (χ3v) is 5.41. The molecule has 3 aromatic heterocycles. The molecule has 0 atom stereocenters. The molecule has 160 valence electrons. The molecule has 3 heterocycles. The predicted molar refractivity (Wildman–Crippen MR) is 122 cm³/mol. The van der Waals surface area contributed by atoms with Gasteiger partial charge in [0.2, 0.25) is 0 Å². The SMILES string of the molecule is COc1ccc(-c2ccnc3cc(C(=O)Nc4ccc5c(ccn5C)c4)nn23)cc1OC. The van der Waals surface area contributed by atoms with Crippen LogP contribution in [0.3, 0.4) is 0 Å². The molecule has 8 heteroatoms. The largest absolute Gasteiger partial charge is 0.493 e. The first-order valence-electron chi connectivity index (χ1n) is 10.0. The second-order valence-electron chi connectivity index (χ2n) is 7.35. The van der Waals surface area contributed by atoms with Gasteiger partial charge >= 0.3 is 0 Å². The van der Waals surface area contributed by atoms with Crippen LogP contribution in [0, 0.1) is 0 Å². The zero-order chi connectivity index (χ0) is 22.2. The van der Waals surface area contributed by atoms with Crippen molar-refractivity contribution in [2.45, 2.75) is 0 Å². The van der Waals surface area contributed by atoms with Crippen LogP contribution in [0.1, 0.15) is 10.5 Å². The molecule has 0 unspecified atom stereocenters. The van der Waals surface area contributed by atoms with Gasteiger partial charge in [-0.05, 0) is 48.5 Å². The highest BCUT2D eigenvalue weighted by atomic mass is 16.5. The molecule has 1 amide bonds. The average molecular weight is 427 g/mol. The second kappa shape index (κ2) is 7.73. The van der Waals surface area contributed by atoms with Gasteiger partial charge in [0.15, 0.2) is 22.8 Å². The van der Waals surface area contributed by atoms with Gasteiger partial charge in [0.1, 0.15) is 0 Å². The quantitative estimate of drug-likeness (QED) is 0.455. The van der Waals surface area contributed by atoms with Gasteiger partial charge < -0.3 is 19.4 Å². The Kier molecular flexibility index (Phi) is 4.74. The number of nitrogens with one attached hydrogen (secondary N) is 1. The van der Waals surface area contributed by atoms with Crippen molar-refractivity contribution >= 4 is 28.1 Å². The molecule has 1 N–H and O–H groups in total. The number of carbonyl (C=O) groups excluding carboxylic acids is 1. The van der Waals surface area contributed by atoms with Gasteiger partial charge in [-0.25, -0.2) is 9.50 Å². The summed E-state index contributed by atoms with van der Waals surface area (Å²) in [5.41, 5.74) is 4.29. The average Bonchev–Trinajstić information content (AvgIpc) is 3.42. The number of nitrogens with zero attached hydrogens (tertiary/aromatic N) is 4. The van der Waals surface area contributed by atoms with Crippen LogP contribution in [0.15, 0.2) is 67.0 Å². The van der Waals surface area contributed by atoms with Crippen molar-refractivity contribution in [1.82, 2.24) is 19.2 Å². The maximum absolute atomic E-state index is 12.9. The summed E-state index contributed by atoms with van der Waals surface area (Å²) in [5, 5.41) is 8.49. The Morgan fingerprint density at radius 1 is 0.969 bits per heavy atom. The molecule has 0 radical (unpaired) electrons. The van der Waals surface area contributed by atoms with Crippen LogP contribution in [0.2, 0.25) is 0 Å². The molecule has 5 aromatic rings. The van der Waals surface area contributed by atoms with E-state index in [1.165, 1.54) is 0 Å². The molecule has 5 rings (SSSR count). The maximum Gasteiger partial charge on any atom is 0.276 e. The molecule has 0 aliphatic heterocycles. The van der Waals surface area contributed by atoms with Crippen molar-refractivity contribution in [3.8, 4) is 22.8 Å². The number of anilines is 1. The van der Waals surface area contributed by atoms with E-state index in [1.54, 1.807) is 31.0 Å². The first kappa shape index (κ1) is 19.6. The van der Waals surface area contributed by atoms with E-state index < -0.39 is 0 Å².